The van der Waals surface area contributed by atoms with Crippen LogP contribution in [0.1, 0.15) is 12.5 Å². The van der Waals surface area contributed by atoms with Gasteiger partial charge in [0.2, 0.25) is 5.91 Å². The van der Waals surface area contributed by atoms with Gasteiger partial charge in [0, 0.05) is 16.5 Å². The first-order chi connectivity index (χ1) is 10.6. The lowest BCUT2D eigenvalue weighted by Crippen LogP contribution is -2.30. The zero-order chi connectivity index (χ0) is 15.9. The van der Waals surface area contributed by atoms with Gasteiger partial charge in [-0.05, 0) is 48.9 Å². The van der Waals surface area contributed by atoms with E-state index in [-0.39, 0.29) is 11.2 Å². The highest BCUT2D eigenvalue weighted by Crippen LogP contribution is 2.24. The molecule has 1 atom stereocenters. The van der Waals surface area contributed by atoms with Crippen LogP contribution in [0, 0.1) is 0 Å². The fourth-order valence-corrected chi connectivity index (χ4v) is 2.86. The molecule has 5 heteroatoms. The Labute approximate surface area is 140 Å². The van der Waals surface area contributed by atoms with Gasteiger partial charge in [-0.3, -0.25) is 4.79 Å². The molecule has 0 fully saturated rings. The molecule has 0 bridgehead atoms. The molecule has 0 heterocycles. The highest BCUT2D eigenvalue weighted by atomic mass is 35.5. The van der Waals surface area contributed by atoms with E-state index in [0.29, 0.717) is 11.6 Å². The monoisotopic (exact) mass is 335 g/mol. The lowest BCUT2D eigenvalue weighted by Gasteiger charge is -2.12. The number of nitrogens with one attached hydrogen (secondary N) is 1. The quantitative estimate of drug-likeness (QED) is 0.806. The lowest BCUT2D eigenvalue weighted by molar-refractivity contribution is -0.120. The molecule has 2 aromatic carbocycles. The summed E-state index contributed by atoms with van der Waals surface area (Å²) in [5, 5.41) is 3.47. The number of carbonyl (C=O) groups excluding carboxylic acids is 1. The van der Waals surface area contributed by atoms with Crippen molar-refractivity contribution in [1.29, 1.82) is 0 Å². The summed E-state index contributed by atoms with van der Waals surface area (Å²) in [6, 6.07) is 15.1. The largest absolute Gasteiger partial charge is 0.497 e. The van der Waals surface area contributed by atoms with Gasteiger partial charge in [-0.2, -0.15) is 0 Å². The lowest BCUT2D eigenvalue weighted by atomic mass is 10.2. The zero-order valence-electron chi connectivity index (χ0n) is 12.5. The van der Waals surface area contributed by atoms with E-state index in [2.05, 4.69) is 5.32 Å². The van der Waals surface area contributed by atoms with E-state index in [9.17, 15) is 4.79 Å². The van der Waals surface area contributed by atoms with Crippen molar-refractivity contribution in [3.63, 3.8) is 0 Å². The first-order valence-corrected chi connectivity index (χ1v) is 8.17. The Balaban J connectivity index is 1.84. The highest BCUT2D eigenvalue weighted by Gasteiger charge is 2.13. The molecule has 22 heavy (non-hydrogen) atoms. The van der Waals surface area contributed by atoms with Gasteiger partial charge >= 0.3 is 0 Å². The Morgan fingerprint density at radius 1 is 1.18 bits per heavy atom. The van der Waals surface area contributed by atoms with Crippen molar-refractivity contribution in [3.8, 4) is 5.75 Å². The van der Waals surface area contributed by atoms with Gasteiger partial charge in [0.1, 0.15) is 5.75 Å². The minimum Gasteiger partial charge on any atom is -0.497 e. The number of carbonyl (C=O) groups is 1. The standard InChI is InChI=1S/C17H18ClNO2S/c1-12(22-16-9-5-14(18)6-10-16)17(20)19-11-13-3-7-15(21-2)8-4-13/h3-10,12H,11H2,1-2H3,(H,19,20). The molecule has 0 aliphatic carbocycles. The average molecular weight is 336 g/mol. The number of rotatable bonds is 6. The van der Waals surface area contributed by atoms with Gasteiger partial charge in [-0.15, -0.1) is 11.8 Å². The molecule has 0 radical (unpaired) electrons. The summed E-state index contributed by atoms with van der Waals surface area (Å²) in [6.45, 7) is 2.40. The molecule has 1 N–H and O–H groups in total. The molecule has 0 saturated heterocycles. The van der Waals surface area contributed by atoms with Crippen LogP contribution in [0.5, 0.6) is 5.75 Å². The van der Waals surface area contributed by atoms with E-state index >= 15 is 0 Å². The molecule has 0 aliphatic heterocycles. The Bertz CT molecular complexity index is 614. The number of amides is 1. The second-order valence-electron chi connectivity index (χ2n) is 4.78. The van der Waals surface area contributed by atoms with E-state index in [4.69, 9.17) is 16.3 Å². The van der Waals surface area contributed by atoms with E-state index in [1.54, 1.807) is 7.11 Å². The van der Waals surface area contributed by atoms with Crippen LogP contribution < -0.4 is 10.1 Å². The summed E-state index contributed by atoms with van der Waals surface area (Å²) < 4.78 is 5.11. The van der Waals surface area contributed by atoms with Gasteiger partial charge < -0.3 is 10.1 Å². The number of hydrogen-bond donors (Lipinski definition) is 1. The second-order valence-corrected chi connectivity index (χ2v) is 6.63. The molecule has 1 amide bonds. The molecule has 3 nitrogen and oxygen atoms in total. The van der Waals surface area contributed by atoms with Crippen molar-refractivity contribution in [2.75, 3.05) is 7.11 Å². The van der Waals surface area contributed by atoms with Crippen molar-refractivity contribution in [2.24, 2.45) is 0 Å². The molecule has 0 aromatic heterocycles. The van der Waals surface area contributed by atoms with Crippen molar-refractivity contribution in [3.05, 3.63) is 59.1 Å². The smallest absolute Gasteiger partial charge is 0.233 e. The van der Waals surface area contributed by atoms with Crippen LogP contribution in [0.4, 0.5) is 0 Å². The van der Waals surface area contributed by atoms with Gasteiger partial charge in [0.05, 0.1) is 12.4 Å². The first-order valence-electron chi connectivity index (χ1n) is 6.91. The van der Waals surface area contributed by atoms with E-state index in [0.717, 1.165) is 16.2 Å². The zero-order valence-corrected chi connectivity index (χ0v) is 14.1. The molecule has 2 aromatic rings. The minimum absolute atomic E-state index is 0.00997. The van der Waals surface area contributed by atoms with Gasteiger partial charge in [-0.25, -0.2) is 0 Å². The normalized spacial score (nSPS) is 11.8. The molecule has 116 valence electrons. The van der Waals surface area contributed by atoms with Crippen molar-refractivity contribution in [2.45, 2.75) is 23.6 Å². The summed E-state index contributed by atoms with van der Waals surface area (Å²) in [4.78, 5) is 13.2. The number of thioether (sulfide) groups is 1. The fraction of sp³-hybridized carbons (Fsp3) is 0.235. The van der Waals surface area contributed by atoms with Crippen LogP contribution >= 0.6 is 23.4 Å². The summed E-state index contributed by atoms with van der Waals surface area (Å²) >= 11 is 7.36. The van der Waals surface area contributed by atoms with E-state index < -0.39 is 0 Å². The third-order valence-corrected chi connectivity index (χ3v) is 4.49. The Hall–Kier alpha value is -1.65. The minimum atomic E-state index is -0.167. The van der Waals surface area contributed by atoms with Crippen molar-refractivity contribution < 1.29 is 9.53 Å². The molecule has 1 unspecified atom stereocenters. The summed E-state index contributed by atoms with van der Waals surface area (Å²) in [5.74, 6) is 0.817. The number of ether oxygens (including phenoxy) is 1. The second kappa shape index (κ2) is 8.11. The molecule has 2 rings (SSSR count). The topological polar surface area (TPSA) is 38.3 Å². The fourth-order valence-electron chi connectivity index (χ4n) is 1.85. The predicted molar refractivity (Wildman–Crippen MR) is 91.6 cm³/mol. The number of hydrogen-bond acceptors (Lipinski definition) is 3. The van der Waals surface area contributed by atoms with Crippen LogP contribution in [0.25, 0.3) is 0 Å². The van der Waals surface area contributed by atoms with Crippen LogP contribution in [-0.4, -0.2) is 18.3 Å². The third kappa shape index (κ3) is 4.97. The number of halogens is 1. The molecular weight excluding hydrogens is 318 g/mol. The summed E-state index contributed by atoms with van der Waals surface area (Å²) in [7, 11) is 1.63. The third-order valence-electron chi connectivity index (χ3n) is 3.12. The molecule has 0 aliphatic rings. The number of benzene rings is 2. The maximum Gasteiger partial charge on any atom is 0.233 e. The number of methoxy groups -OCH3 is 1. The predicted octanol–water partition coefficient (Wildman–Crippen LogP) is 4.15. The van der Waals surface area contributed by atoms with E-state index in [1.807, 2.05) is 55.5 Å². The van der Waals surface area contributed by atoms with Crippen LogP contribution in [0.2, 0.25) is 5.02 Å². The Morgan fingerprint density at radius 2 is 1.82 bits per heavy atom. The first kappa shape index (κ1) is 16.7. The van der Waals surface area contributed by atoms with Crippen molar-refractivity contribution >= 4 is 29.3 Å². The summed E-state index contributed by atoms with van der Waals surface area (Å²) in [6.07, 6.45) is 0. The summed E-state index contributed by atoms with van der Waals surface area (Å²) in [5.41, 5.74) is 1.04. The maximum atomic E-state index is 12.1. The van der Waals surface area contributed by atoms with Gasteiger partial charge in [0.25, 0.3) is 0 Å². The van der Waals surface area contributed by atoms with Gasteiger partial charge in [-0.1, -0.05) is 23.7 Å². The Morgan fingerprint density at radius 3 is 2.41 bits per heavy atom. The highest BCUT2D eigenvalue weighted by molar-refractivity contribution is 8.00. The molecule has 0 saturated carbocycles. The van der Waals surface area contributed by atoms with Crippen LogP contribution in [-0.2, 0) is 11.3 Å². The molecular formula is C17H18ClNO2S. The Kier molecular flexibility index (Phi) is 6.16. The maximum absolute atomic E-state index is 12.1. The van der Waals surface area contributed by atoms with Crippen LogP contribution in [0.15, 0.2) is 53.4 Å². The van der Waals surface area contributed by atoms with Gasteiger partial charge in [0.15, 0.2) is 0 Å². The average Bonchev–Trinajstić information content (AvgIpc) is 2.55. The van der Waals surface area contributed by atoms with Crippen LogP contribution in [0.3, 0.4) is 0 Å². The van der Waals surface area contributed by atoms with E-state index in [1.165, 1.54) is 11.8 Å². The van der Waals surface area contributed by atoms with Crippen molar-refractivity contribution in [1.82, 2.24) is 5.32 Å². The SMILES string of the molecule is COc1ccc(CNC(=O)C(C)Sc2ccc(Cl)cc2)cc1. The molecule has 0 spiro atoms.